The summed E-state index contributed by atoms with van der Waals surface area (Å²) >= 11 is 0. The zero-order valence-electron chi connectivity index (χ0n) is 13.0. The monoisotopic (exact) mass is 312 g/mol. The van der Waals surface area contributed by atoms with E-state index in [4.69, 9.17) is 22.3 Å². The van der Waals surface area contributed by atoms with Gasteiger partial charge in [-0.3, -0.25) is 0 Å². The Balaban J connectivity index is 3.16. The molecule has 0 saturated heterocycles. The summed E-state index contributed by atoms with van der Waals surface area (Å²) < 4.78 is 11.0. The van der Waals surface area contributed by atoms with E-state index in [2.05, 4.69) is 18.4 Å². The average Bonchev–Trinajstić information content (AvgIpc) is 2.55. The van der Waals surface area contributed by atoms with Crippen LogP contribution in [0.3, 0.4) is 0 Å². The van der Waals surface area contributed by atoms with Crippen LogP contribution < -0.4 is 9.47 Å². The van der Waals surface area contributed by atoms with Crippen LogP contribution in [-0.4, -0.2) is 24.3 Å². The largest absolute Gasteiger partial charge is 0.481 e. The van der Waals surface area contributed by atoms with Crippen LogP contribution in [0.4, 0.5) is 0 Å². The van der Waals surface area contributed by atoms with Crippen molar-refractivity contribution < 1.29 is 19.4 Å². The lowest BCUT2D eigenvalue weighted by Gasteiger charge is -2.16. The number of carbonyl (C=O) groups is 1. The molecule has 1 aromatic rings. The zero-order valence-corrected chi connectivity index (χ0v) is 13.0. The molecule has 0 aliphatic heterocycles. The molecular formula is C19H20O4. The molecule has 4 heteroatoms. The van der Waals surface area contributed by atoms with Crippen LogP contribution >= 0.6 is 0 Å². The van der Waals surface area contributed by atoms with Gasteiger partial charge >= 0.3 is 5.97 Å². The van der Waals surface area contributed by atoms with Crippen LogP contribution in [0.5, 0.6) is 11.5 Å². The number of unbranched alkanes of at least 4 members (excludes halogenated alkanes) is 2. The second-order valence-electron chi connectivity index (χ2n) is 4.78. The number of rotatable bonds is 10. The molecule has 0 aliphatic carbocycles. The predicted molar refractivity (Wildman–Crippen MR) is 89.8 cm³/mol. The maximum Gasteiger partial charge on any atom is 0.335 e. The molecule has 0 radical (unpaired) electrons. The second-order valence-corrected chi connectivity index (χ2v) is 4.78. The van der Waals surface area contributed by atoms with E-state index in [1.54, 1.807) is 0 Å². The zero-order chi connectivity index (χ0) is 17.1. The molecule has 1 N–H and O–H groups in total. The normalized spacial score (nSPS) is 9.48. The van der Waals surface area contributed by atoms with Crippen molar-refractivity contribution in [3.05, 3.63) is 35.9 Å². The van der Waals surface area contributed by atoms with Gasteiger partial charge in [-0.05, 0) is 37.8 Å². The van der Waals surface area contributed by atoms with Crippen LogP contribution in [-0.2, 0) is 6.42 Å². The van der Waals surface area contributed by atoms with Crippen LogP contribution in [0.15, 0.2) is 24.8 Å². The highest BCUT2D eigenvalue weighted by Crippen LogP contribution is 2.32. The van der Waals surface area contributed by atoms with Crippen molar-refractivity contribution in [2.24, 2.45) is 0 Å². The quantitative estimate of drug-likeness (QED) is 0.409. The Morgan fingerprint density at radius 1 is 1.17 bits per heavy atom. The van der Waals surface area contributed by atoms with Crippen LogP contribution in [0.1, 0.15) is 35.2 Å². The Hall–Kier alpha value is -2.85. The molecule has 0 aliphatic rings. The van der Waals surface area contributed by atoms with E-state index in [1.807, 2.05) is 6.08 Å². The van der Waals surface area contributed by atoms with E-state index >= 15 is 0 Å². The topological polar surface area (TPSA) is 55.8 Å². The molecule has 0 amide bonds. The van der Waals surface area contributed by atoms with E-state index < -0.39 is 5.97 Å². The van der Waals surface area contributed by atoms with Gasteiger partial charge in [-0.1, -0.05) is 17.9 Å². The molecule has 0 fully saturated rings. The molecule has 0 spiro atoms. The number of hydrogen-bond acceptors (Lipinski definition) is 3. The lowest BCUT2D eigenvalue weighted by atomic mass is 10.0. The van der Waals surface area contributed by atoms with Gasteiger partial charge in [0.25, 0.3) is 0 Å². The lowest BCUT2D eigenvalue weighted by molar-refractivity contribution is 0.0696. The number of benzene rings is 1. The third-order valence-corrected chi connectivity index (χ3v) is 3.12. The SMILES string of the molecule is C#CCOc1cc(C(=O)O)cc(OCC#C)c1CCCCC=C. The van der Waals surface area contributed by atoms with Gasteiger partial charge in [0.05, 0.1) is 5.56 Å². The van der Waals surface area contributed by atoms with Gasteiger partial charge in [0.2, 0.25) is 0 Å². The molecule has 0 atom stereocenters. The third kappa shape index (κ3) is 5.80. The highest BCUT2D eigenvalue weighted by molar-refractivity contribution is 5.89. The predicted octanol–water partition coefficient (Wildman–Crippen LogP) is 3.31. The number of allylic oxidation sites excluding steroid dienone is 1. The Bertz CT molecular complexity index is 593. The van der Waals surface area contributed by atoms with Crippen molar-refractivity contribution in [2.45, 2.75) is 25.7 Å². The fraction of sp³-hybridized carbons (Fsp3) is 0.316. The van der Waals surface area contributed by atoms with E-state index in [0.29, 0.717) is 17.9 Å². The first-order chi connectivity index (χ1) is 11.1. The fourth-order valence-corrected chi connectivity index (χ4v) is 2.08. The van der Waals surface area contributed by atoms with Gasteiger partial charge in [0, 0.05) is 5.56 Å². The molecule has 0 aromatic heterocycles. The van der Waals surface area contributed by atoms with E-state index in [-0.39, 0.29) is 18.8 Å². The summed E-state index contributed by atoms with van der Waals surface area (Å²) in [4.78, 5) is 11.3. The van der Waals surface area contributed by atoms with Crippen LogP contribution in [0, 0.1) is 24.7 Å². The number of hydrogen-bond donors (Lipinski definition) is 1. The van der Waals surface area contributed by atoms with Crippen molar-refractivity contribution >= 4 is 5.97 Å². The lowest BCUT2D eigenvalue weighted by Crippen LogP contribution is -2.07. The standard InChI is InChI=1S/C19H20O4/c1-4-7-8-9-10-16-17(22-11-5-2)13-15(19(20)21)14-18(16)23-12-6-3/h2-4,13-14H,1,7-12H2,(H,20,21). The molecule has 120 valence electrons. The molecule has 1 aromatic carbocycles. The maximum atomic E-state index is 11.3. The van der Waals surface area contributed by atoms with E-state index in [0.717, 1.165) is 24.8 Å². The van der Waals surface area contributed by atoms with E-state index in [1.165, 1.54) is 12.1 Å². The van der Waals surface area contributed by atoms with Gasteiger partial charge in [-0.25, -0.2) is 4.79 Å². The van der Waals surface area contributed by atoms with Gasteiger partial charge in [0.1, 0.15) is 24.7 Å². The van der Waals surface area contributed by atoms with Gasteiger partial charge in [-0.15, -0.1) is 19.4 Å². The maximum absolute atomic E-state index is 11.3. The molecule has 0 bridgehead atoms. The van der Waals surface area contributed by atoms with Gasteiger partial charge < -0.3 is 14.6 Å². The number of ether oxygens (including phenoxy) is 2. The minimum absolute atomic E-state index is 0.0529. The Labute approximate surface area is 137 Å². The van der Waals surface area contributed by atoms with Crippen molar-refractivity contribution in [1.82, 2.24) is 0 Å². The summed E-state index contributed by atoms with van der Waals surface area (Å²) in [5.41, 5.74) is 0.850. The third-order valence-electron chi connectivity index (χ3n) is 3.12. The average molecular weight is 312 g/mol. The summed E-state index contributed by atoms with van der Waals surface area (Å²) in [6, 6.07) is 2.93. The first kappa shape index (κ1) is 18.2. The minimum atomic E-state index is -1.07. The first-order valence-corrected chi connectivity index (χ1v) is 7.27. The van der Waals surface area contributed by atoms with Crippen LogP contribution in [0.2, 0.25) is 0 Å². The summed E-state index contributed by atoms with van der Waals surface area (Å²) in [7, 11) is 0. The number of carboxylic acids is 1. The number of aromatic carboxylic acids is 1. The summed E-state index contributed by atoms with van der Waals surface area (Å²) in [6.07, 6.45) is 15.7. The van der Waals surface area contributed by atoms with Crippen molar-refractivity contribution in [3.63, 3.8) is 0 Å². The molecule has 0 saturated carbocycles. The van der Waals surface area contributed by atoms with Crippen molar-refractivity contribution in [1.29, 1.82) is 0 Å². The smallest absolute Gasteiger partial charge is 0.335 e. The van der Waals surface area contributed by atoms with Crippen molar-refractivity contribution in [2.75, 3.05) is 13.2 Å². The Morgan fingerprint density at radius 2 is 1.74 bits per heavy atom. The van der Waals surface area contributed by atoms with E-state index in [9.17, 15) is 9.90 Å². The Morgan fingerprint density at radius 3 is 2.17 bits per heavy atom. The molecule has 23 heavy (non-hydrogen) atoms. The van der Waals surface area contributed by atoms with Crippen molar-refractivity contribution in [3.8, 4) is 36.2 Å². The molecule has 0 unspecified atom stereocenters. The van der Waals surface area contributed by atoms with Gasteiger partial charge in [-0.2, -0.15) is 0 Å². The highest BCUT2D eigenvalue weighted by Gasteiger charge is 2.16. The molecule has 4 nitrogen and oxygen atoms in total. The van der Waals surface area contributed by atoms with Crippen LogP contribution in [0.25, 0.3) is 0 Å². The fourth-order valence-electron chi connectivity index (χ4n) is 2.08. The molecular weight excluding hydrogens is 292 g/mol. The number of carboxylic acid groups (broad SMARTS) is 1. The van der Waals surface area contributed by atoms with Gasteiger partial charge in [0.15, 0.2) is 0 Å². The molecule has 0 heterocycles. The Kier molecular flexibility index (Phi) is 7.89. The second kappa shape index (κ2) is 9.97. The summed E-state index contributed by atoms with van der Waals surface area (Å²) in [6.45, 7) is 3.80. The molecule has 1 rings (SSSR count). The first-order valence-electron chi connectivity index (χ1n) is 7.27. The minimum Gasteiger partial charge on any atom is -0.481 e. The summed E-state index contributed by atoms with van der Waals surface area (Å²) in [5, 5.41) is 9.22. The summed E-state index contributed by atoms with van der Waals surface area (Å²) in [5.74, 6) is 4.53. The number of terminal acetylenes is 2. The highest BCUT2D eigenvalue weighted by atomic mass is 16.5.